The number of hydrazone groups is 1. The van der Waals surface area contributed by atoms with Gasteiger partial charge < -0.3 is 15.3 Å². The largest absolute Gasteiger partial charge is 0.478 e. The number of carboxylic acid groups (broad SMARTS) is 1. The zero-order chi connectivity index (χ0) is 23.1. The predicted molar refractivity (Wildman–Crippen MR) is 121 cm³/mol. The lowest BCUT2D eigenvalue weighted by molar-refractivity contribution is -0.114. The van der Waals surface area contributed by atoms with Crippen molar-refractivity contribution < 1.29 is 23.9 Å². The second kappa shape index (κ2) is 7.65. The third-order valence-corrected chi connectivity index (χ3v) is 5.22. The van der Waals surface area contributed by atoms with Crippen molar-refractivity contribution in [1.82, 2.24) is 4.57 Å². The van der Waals surface area contributed by atoms with Gasteiger partial charge in [0.05, 0.1) is 28.6 Å². The third-order valence-electron chi connectivity index (χ3n) is 5.22. The van der Waals surface area contributed by atoms with E-state index in [9.17, 15) is 19.5 Å². The third kappa shape index (κ3) is 3.47. The van der Waals surface area contributed by atoms with Crippen LogP contribution in [0.25, 0.3) is 17.0 Å². The van der Waals surface area contributed by atoms with Crippen molar-refractivity contribution in [2.45, 2.75) is 0 Å². The van der Waals surface area contributed by atoms with Crippen molar-refractivity contribution in [3.63, 3.8) is 0 Å². The van der Waals surface area contributed by atoms with Gasteiger partial charge in [-0.05, 0) is 60.2 Å². The number of carbonyl (C=O) groups is 3. The minimum absolute atomic E-state index is 0.0198. The molecule has 5 rings (SSSR count). The van der Waals surface area contributed by atoms with Gasteiger partial charge in [-0.2, -0.15) is 5.01 Å². The molecule has 1 amide bonds. The number of nitrogens with zero attached hydrogens (tertiary/aromatic N) is 3. The monoisotopic (exact) mass is 440 g/mol. The maximum Gasteiger partial charge on any atom is 0.335 e. The predicted octanol–water partition coefficient (Wildman–Crippen LogP) is 3.32. The highest BCUT2D eigenvalue weighted by Crippen LogP contribution is 2.26. The molecule has 3 heterocycles. The zero-order valence-corrected chi connectivity index (χ0v) is 17.0. The molecule has 0 atom stereocenters. The Kier molecular flexibility index (Phi) is 4.64. The second-order valence-corrected chi connectivity index (χ2v) is 7.30. The first-order chi connectivity index (χ1) is 15.9. The number of hydrogen-bond donors (Lipinski definition) is 2. The first-order valence-corrected chi connectivity index (χ1v) is 9.85. The molecule has 1 aliphatic heterocycles. The highest BCUT2D eigenvalue weighted by molar-refractivity contribution is 6.31. The van der Waals surface area contributed by atoms with E-state index < -0.39 is 11.9 Å². The Labute approximate surface area is 186 Å². The van der Waals surface area contributed by atoms with Crippen LogP contribution >= 0.6 is 0 Å². The maximum absolute atomic E-state index is 12.9. The molecule has 2 aromatic carbocycles. The molecule has 0 saturated heterocycles. The number of aromatic carboxylic acids is 1. The topological polar surface area (TPSA) is 131 Å². The molecule has 33 heavy (non-hydrogen) atoms. The Morgan fingerprint density at radius 1 is 1.06 bits per heavy atom. The molecule has 0 radical (unpaired) electrons. The fourth-order valence-electron chi connectivity index (χ4n) is 3.63. The molecule has 0 unspecified atom stereocenters. The van der Waals surface area contributed by atoms with E-state index in [0.717, 1.165) is 10.4 Å². The van der Waals surface area contributed by atoms with E-state index in [1.165, 1.54) is 29.0 Å². The van der Waals surface area contributed by atoms with Gasteiger partial charge in [0.25, 0.3) is 11.8 Å². The van der Waals surface area contributed by atoms with Gasteiger partial charge in [-0.1, -0.05) is 12.1 Å². The second-order valence-electron chi connectivity index (χ2n) is 7.30. The molecule has 0 aliphatic carbocycles. The van der Waals surface area contributed by atoms with Crippen molar-refractivity contribution in [2.75, 3.05) is 5.01 Å². The average molecular weight is 440 g/mol. The number of hydrogen-bond acceptors (Lipinski definition) is 6. The molecule has 162 valence electrons. The summed E-state index contributed by atoms with van der Waals surface area (Å²) in [5, 5.41) is 15.1. The summed E-state index contributed by atoms with van der Waals surface area (Å²) in [6.45, 7) is 0. The number of fused-ring (bicyclic) bond motifs is 1. The number of furan rings is 1. The average Bonchev–Trinajstić information content (AvgIpc) is 3.55. The zero-order valence-electron chi connectivity index (χ0n) is 17.0. The number of amidine groups is 1. The molecule has 0 spiro atoms. The molecule has 9 nitrogen and oxygen atoms in total. The molecular formula is C24H16N4O5. The van der Waals surface area contributed by atoms with Crippen LogP contribution in [0.15, 0.2) is 88.2 Å². The molecule has 0 bridgehead atoms. The fourth-order valence-corrected chi connectivity index (χ4v) is 3.63. The van der Waals surface area contributed by atoms with E-state index in [1.54, 1.807) is 48.7 Å². The minimum Gasteiger partial charge on any atom is -0.478 e. The van der Waals surface area contributed by atoms with Gasteiger partial charge >= 0.3 is 5.97 Å². The SMILES string of the molecule is NC1=NN(c2cccc(C(=O)O)c2)C(=O)/C1=C\c1ccc2c(ccn2C(=O)c2ccco2)c1. The normalized spacial score (nSPS) is 14.8. The van der Waals surface area contributed by atoms with E-state index >= 15 is 0 Å². The Balaban J connectivity index is 1.46. The van der Waals surface area contributed by atoms with Gasteiger partial charge in [-0.15, -0.1) is 5.10 Å². The number of benzene rings is 2. The van der Waals surface area contributed by atoms with Crippen molar-refractivity contribution in [2.24, 2.45) is 10.8 Å². The summed E-state index contributed by atoms with van der Waals surface area (Å²) in [7, 11) is 0. The van der Waals surface area contributed by atoms with E-state index in [2.05, 4.69) is 5.10 Å². The molecule has 2 aromatic heterocycles. The highest BCUT2D eigenvalue weighted by atomic mass is 16.4. The van der Waals surface area contributed by atoms with Gasteiger partial charge in [-0.3, -0.25) is 14.2 Å². The van der Waals surface area contributed by atoms with Gasteiger partial charge in [-0.25, -0.2) is 4.79 Å². The van der Waals surface area contributed by atoms with Crippen LogP contribution in [0.1, 0.15) is 26.5 Å². The van der Waals surface area contributed by atoms with E-state index in [1.807, 2.05) is 6.07 Å². The van der Waals surface area contributed by atoms with Gasteiger partial charge in [0.1, 0.15) is 0 Å². The van der Waals surface area contributed by atoms with Crippen LogP contribution in [0.2, 0.25) is 0 Å². The van der Waals surface area contributed by atoms with Gasteiger partial charge in [0.2, 0.25) is 0 Å². The molecular weight excluding hydrogens is 424 g/mol. The van der Waals surface area contributed by atoms with Crippen molar-refractivity contribution >= 4 is 46.3 Å². The van der Waals surface area contributed by atoms with Crippen LogP contribution in [0.3, 0.4) is 0 Å². The summed E-state index contributed by atoms with van der Waals surface area (Å²) in [6, 6.07) is 16.3. The van der Waals surface area contributed by atoms with Crippen molar-refractivity contribution in [3.8, 4) is 0 Å². The molecule has 1 aliphatic rings. The number of nitrogens with two attached hydrogens (primary N) is 1. The first-order valence-electron chi connectivity index (χ1n) is 9.85. The van der Waals surface area contributed by atoms with E-state index in [0.29, 0.717) is 16.8 Å². The minimum atomic E-state index is -1.11. The smallest absolute Gasteiger partial charge is 0.335 e. The number of aromatic nitrogens is 1. The lowest BCUT2D eigenvalue weighted by Crippen LogP contribution is -2.22. The number of rotatable bonds is 4. The Bertz CT molecular complexity index is 1490. The van der Waals surface area contributed by atoms with Crippen LogP contribution in [0, 0.1) is 0 Å². The van der Waals surface area contributed by atoms with E-state index in [4.69, 9.17) is 10.2 Å². The fraction of sp³-hybridized carbons (Fsp3) is 0. The van der Waals surface area contributed by atoms with Crippen LogP contribution < -0.4 is 10.7 Å². The van der Waals surface area contributed by atoms with Crippen molar-refractivity contribution in [1.29, 1.82) is 0 Å². The number of carbonyl (C=O) groups excluding carboxylic acids is 2. The van der Waals surface area contributed by atoms with Gasteiger partial charge in [0.15, 0.2) is 11.6 Å². The Morgan fingerprint density at radius 3 is 2.67 bits per heavy atom. The molecule has 3 N–H and O–H groups in total. The quantitative estimate of drug-likeness (QED) is 0.468. The summed E-state index contributed by atoms with van der Waals surface area (Å²) < 4.78 is 6.67. The number of anilines is 1. The summed E-state index contributed by atoms with van der Waals surface area (Å²) in [6.07, 6.45) is 4.70. The van der Waals surface area contributed by atoms with Crippen molar-refractivity contribution in [3.05, 3.63) is 95.6 Å². The summed E-state index contributed by atoms with van der Waals surface area (Å²) in [5.41, 5.74) is 7.89. The maximum atomic E-state index is 12.9. The lowest BCUT2D eigenvalue weighted by atomic mass is 10.1. The molecule has 0 saturated carbocycles. The summed E-state index contributed by atoms with van der Waals surface area (Å²) >= 11 is 0. The van der Waals surface area contributed by atoms with Gasteiger partial charge in [0, 0.05) is 11.6 Å². The van der Waals surface area contributed by atoms with Crippen LogP contribution in [0.4, 0.5) is 5.69 Å². The molecule has 4 aromatic rings. The van der Waals surface area contributed by atoms with Crippen LogP contribution in [-0.4, -0.2) is 33.3 Å². The Morgan fingerprint density at radius 2 is 1.91 bits per heavy atom. The van der Waals surface area contributed by atoms with Crippen LogP contribution in [0.5, 0.6) is 0 Å². The number of carboxylic acids is 1. The molecule has 9 heteroatoms. The Hall–Kier alpha value is -4.92. The first kappa shape index (κ1) is 20.0. The van der Waals surface area contributed by atoms with E-state index in [-0.39, 0.29) is 28.6 Å². The van der Waals surface area contributed by atoms with Crippen LogP contribution in [-0.2, 0) is 4.79 Å². The highest BCUT2D eigenvalue weighted by Gasteiger charge is 2.30. The number of amides is 1. The summed E-state index contributed by atoms with van der Waals surface area (Å²) in [4.78, 5) is 36.8. The lowest BCUT2D eigenvalue weighted by Gasteiger charge is -2.11. The summed E-state index contributed by atoms with van der Waals surface area (Å²) in [5.74, 6) is -1.62. The molecule has 0 fully saturated rings. The standard InChI is InChI=1S/C24H16N4O5/c25-21-18(22(29)28(26-21)17-4-1-3-16(13-17)24(31)32)12-14-6-7-19-15(11-14)8-9-27(19)23(30)20-5-2-10-33-20/h1-13H,(H2,25,26)(H,31,32)/b18-12-.